The quantitative estimate of drug-likeness (QED) is 0.461. The number of benzene rings is 1. The molecule has 0 unspecified atom stereocenters. The van der Waals surface area contributed by atoms with Crippen LogP contribution in [-0.2, 0) is 23.1 Å². The van der Waals surface area contributed by atoms with Crippen LogP contribution in [-0.4, -0.2) is 57.2 Å². The molecule has 3 aliphatic rings. The minimum atomic E-state index is -3.45. The van der Waals surface area contributed by atoms with Crippen molar-refractivity contribution in [3.63, 3.8) is 0 Å². The Balaban J connectivity index is 1.47. The Kier molecular flexibility index (Phi) is 6.12. The van der Waals surface area contributed by atoms with Crippen LogP contribution in [0.5, 0.6) is 0 Å². The summed E-state index contributed by atoms with van der Waals surface area (Å²) < 4.78 is 29.4. The second-order valence-electron chi connectivity index (χ2n) is 11.6. The van der Waals surface area contributed by atoms with Crippen molar-refractivity contribution in [3.8, 4) is 11.3 Å². The Morgan fingerprint density at radius 2 is 1.97 bits per heavy atom. The highest BCUT2D eigenvalue weighted by Gasteiger charge is 2.57. The minimum Gasteiger partial charge on any atom is -0.391 e. The number of thiophene rings is 1. The van der Waals surface area contributed by atoms with E-state index in [0.717, 1.165) is 77.1 Å². The SMILES string of the molecule is CC(C)(C)S(=O)(=O)N1C[C@H](N2CCCc3cc(Cl)cc(-c4ncnc5cc(CO)sc45)c32)CC12CCC2. The lowest BCUT2D eigenvalue weighted by atomic mass is 9.75. The number of aromatic nitrogens is 2. The first-order valence-electron chi connectivity index (χ1n) is 13.0. The predicted octanol–water partition coefficient (Wildman–Crippen LogP) is 5.38. The standard InChI is InChI=1S/C27H33ClN4O3S2/c1-26(2,3)37(34,35)32-14-19(13-27(32)7-5-8-27)31-9-4-6-17-10-18(28)11-21(24(17)31)23-25-22(29-16-30-23)12-20(15-33)36-25/h10-12,16,19,33H,4-9,13-15H2,1-3H3/t19-/m1/s1. The lowest BCUT2D eigenvalue weighted by molar-refractivity contribution is 0.125. The zero-order valence-electron chi connectivity index (χ0n) is 21.5. The number of aryl methyl sites for hydroxylation is 1. The van der Waals surface area contributed by atoms with E-state index in [2.05, 4.69) is 16.0 Å². The molecule has 6 rings (SSSR count). The number of anilines is 1. The van der Waals surface area contributed by atoms with E-state index in [0.29, 0.717) is 11.6 Å². The van der Waals surface area contributed by atoms with Gasteiger partial charge in [0.1, 0.15) is 6.33 Å². The summed E-state index contributed by atoms with van der Waals surface area (Å²) in [5.74, 6) is 0. The summed E-state index contributed by atoms with van der Waals surface area (Å²) in [7, 11) is -3.45. The van der Waals surface area contributed by atoms with Gasteiger partial charge in [-0.2, -0.15) is 4.31 Å². The van der Waals surface area contributed by atoms with Crippen LogP contribution in [0.4, 0.5) is 5.69 Å². The highest BCUT2D eigenvalue weighted by molar-refractivity contribution is 7.90. The third-order valence-corrected chi connectivity index (χ3v) is 12.4. The van der Waals surface area contributed by atoms with Crippen molar-refractivity contribution < 1.29 is 13.5 Å². The third kappa shape index (κ3) is 4.00. The maximum Gasteiger partial charge on any atom is 0.219 e. The average Bonchev–Trinajstić information content (AvgIpc) is 3.44. The van der Waals surface area contributed by atoms with Crippen LogP contribution in [0, 0.1) is 0 Å². The number of aliphatic hydroxyl groups excluding tert-OH is 1. The van der Waals surface area contributed by atoms with Gasteiger partial charge < -0.3 is 10.0 Å². The number of halogens is 1. The van der Waals surface area contributed by atoms with Crippen LogP contribution in [0.1, 0.15) is 63.3 Å². The summed E-state index contributed by atoms with van der Waals surface area (Å²) in [6.45, 7) is 6.75. The normalized spacial score (nSPS) is 22.0. The van der Waals surface area contributed by atoms with Gasteiger partial charge >= 0.3 is 0 Å². The van der Waals surface area contributed by atoms with Gasteiger partial charge in [-0.3, -0.25) is 0 Å². The van der Waals surface area contributed by atoms with Crippen molar-refractivity contribution in [2.75, 3.05) is 18.0 Å². The molecule has 1 spiro atoms. The van der Waals surface area contributed by atoms with Crippen molar-refractivity contribution in [1.29, 1.82) is 0 Å². The van der Waals surface area contributed by atoms with Gasteiger partial charge in [0.25, 0.3) is 0 Å². The molecular weight excluding hydrogens is 528 g/mol. The molecule has 4 heterocycles. The lowest BCUT2D eigenvalue weighted by Gasteiger charge is -2.46. The number of aliphatic hydroxyl groups is 1. The highest BCUT2D eigenvalue weighted by atomic mass is 35.5. The summed E-state index contributed by atoms with van der Waals surface area (Å²) in [6, 6.07) is 6.03. The summed E-state index contributed by atoms with van der Waals surface area (Å²) in [6.07, 6.45) is 7.26. The van der Waals surface area contributed by atoms with Crippen molar-refractivity contribution in [3.05, 3.63) is 40.0 Å². The van der Waals surface area contributed by atoms with Crippen molar-refractivity contribution in [2.45, 2.75) is 82.2 Å². The van der Waals surface area contributed by atoms with E-state index >= 15 is 0 Å². The Morgan fingerprint density at radius 3 is 2.65 bits per heavy atom. The Hall–Kier alpha value is -1.78. The molecule has 2 fully saturated rings. The van der Waals surface area contributed by atoms with Gasteiger partial charge in [0.05, 0.1) is 27.3 Å². The number of fused-ring (bicyclic) bond motifs is 2. The van der Waals surface area contributed by atoms with E-state index in [1.165, 1.54) is 16.9 Å². The Labute approximate surface area is 227 Å². The Bertz CT molecular complexity index is 1480. The van der Waals surface area contributed by atoms with E-state index < -0.39 is 14.8 Å². The van der Waals surface area contributed by atoms with Crippen molar-refractivity contribution >= 4 is 48.9 Å². The number of rotatable bonds is 4. The van der Waals surface area contributed by atoms with Crippen LogP contribution in [0.15, 0.2) is 24.5 Å². The van der Waals surface area contributed by atoms with E-state index in [1.54, 1.807) is 27.1 Å². The maximum atomic E-state index is 13.7. The monoisotopic (exact) mass is 560 g/mol. The molecule has 37 heavy (non-hydrogen) atoms. The number of hydrogen-bond donors (Lipinski definition) is 1. The molecular formula is C27H33ClN4O3S2. The van der Waals surface area contributed by atoms with E-state index in [-0.39, 0.29) is 18.2 Å². The maximum absolute atomic E-state index is 13.7. The smallest absolute Gasteiger partial charge is 0.219 e. The second kappa shape index (κ2) is 8.88. The van der Waals surface area contributed by atoms with Crippen LogP contribution < -0.4 is 4.90 Å². The van der Waals surface area contributed by atoms with Gasteiger partial charge in [-0.25, -0.2) is 18.4 Å². The van der Waals surface area contributed by atoms with Gasteiger partial charge in [-0.05, 0) is 83.1 Å². The molecule has 1 aliphatic carbocycles. The summed E-state index contributed by atoms with van der Waals surface area (Å²) >= 11 is 8.15. The van der Waals surface area contributed by atoms with Gasteiger partial charge in [0.15, 0.2) is 0 Å². The zero-order chi connectivity index (χ0) is 26.2. The van der Waals surface area contributed by atoms with E-state index in [1.807, 2.05) is 16.4 Å². The van der Waals surface area contributed by atoms with E-state index in [4.69, 9.17) is 16.6 Å². The predicted molar refractivity (Wildman–Crippen MR) is 150 cm³/mol. The lowest BCUT2D eigenvalue weighted by Crippen LogP contribution is -2.56. The van der Waals surface area contributed by atoms with Crippen LogP contribution in [0.3, 0.4) is 0 Å². The van der Waals surface area contributed by atoms with Gasteiger partial charge in [0, 0.05) is 45.8 Å². The zero-order valence-corrected chi connectivity index (χ0v) is 23.9. The molecule has 198 valence electrons. The molecule has 1 saturated heterocycles. The molecule has 2 aliphatic heterocycles. The van der Waals surface area contributed by atoms with Crippen LogP contribution in [0.25, 0.3) is 21.5 Å². The molecule has 3 aromatic rings. The molecule has 0 bridgehead atoms. The molecule has 10 heteroatoms. The molecule has 0 radical (unpaired) electrons. The molecule has 2 aromatic heterocycles. The summed E-state index contributed by atoms with van der Waals surface area (Å²) in [5, 5.41) is 10.4. The fourth-order valence-corrected chi connectivity index (χ4v) is 9.39. The van der Waals surface area contributed by atoms with Crippen molar-refractivity contribution in [1.82, 2.24) is 14.3 Å². The third-order valence-electron chi connectivity index (χ3n) is 8.37. The Morgan fingerprint density at radius 1 is 1.19 bits per heavy atom. The largest absolute Gasteiger partial charge is 0.391 e. The summed E-state index contributed by atoms with van der Waals surface area (Å²) in [5.41, 5.74) is 4.61. The number of sulfonamides is 1. The molecule has 7 nitrogen and oxygen atoms in total. The van der Waals surface area contributed by atoms with E-state index in [9.17, 15) is 13.5 Å². The minimum absolute atomic E-state index is 0.0392. The molecule has 1 aromatic carbocycles. The number of nitrogens with zero attached hydrogens (tertiary/aromatic N) is 4. The summed E-state index contributed by atoms with van der Waals surface area (Å²) in [4.78, 5) is 12.4. The topological polar surface area (TPSA) is 86.6 Å². The van der Waals surface area contributed by atoms with Crippen LogP contribution in [0.2, 0.25) is 5.02 Å². The van der Waals surface area contributed by atoms with Gasteiger partial charge in [0.2, 0.25) is 10.0 Å². The molecule has 1 saturated carbocycles. The molecule has 1 N–H and O–H groups in total. The van der Waals surface area contributed by atoms with Crippen LogP contribution >= 0.6 is 22.9 Å². The molecule has 0 amide bonds. The van der Waals surface area contributed by atoms with Gasteiger partial charge in [-0.15, -0.1) is 11.3 Å². The first kappa shape index (κ1) is 25.5. The number of hydrogen-bond acceptors (Lipinski definition) is 7. The fraction of sp³-hybridized carbons (Fsp3) is 0.556. The highest BCUT2D eigenvalue weighted by Crippen LogP contribution is 2.52. The van der Waals surface area contributed by atoms with Gasteiger partial charge in [-0.1, -0.05) is 11.6 Å². The fourth-order valence-electron chi connectivity index (χ4n) is 6.38. The molecule has 1 atom stereocenters. The first-order valence-corrected chi connectivity index (χ1v) is 15.6. The second-order valence-corrected chi connectivity index (χ2v) is 15.8. The first-order chi connectivity index (χ1) is 17.5. The van der Waals surface area contributed by atoms with Crippen molar-refractivity contribution in [2.24, 2.45) is 0 Å². The average molecular weight is 561 g/mol.